The van der Waals surface area contributed by atoms with Crippen molar-refractivity contribution in [2.75, 3.05) is 18.6 Å². The summed E-state index contributed by atoms with van der Waals surface area (Å²) in [6.45, 7) is 0.510. The predicted octanol–water partition coefficient (Wildman–Crippen LogP) is -0.00730. The number of H-pyrrole nitrogens is 1. The predicted molar refractivity (Wildman–Crippen MR) is 98.1 cm³/mol. The number of amides is 2. The van der Waals surface area contributed by atoms with Crippen LogP contribution in [-0.2, 0) is 14.6 Å². The van der Waals surface area contributed by atoms with E-state index in [4.69, 9.17) is 11.5 Å². The van der Waals surface area contributed by atoms with Gasteiger partial charge in [0.25, 0.3) is 5.91 Å². The van der Waals surface area contributed by atoms with Crippen LogP contribution in [0.2, 0.25) is 0 Å². The second-order valence-electron chi connectivity index (χ2n) is 6.16. The van der Waals surface area contributed by atoms with Crippen LogP contribution in [0, 0.1) is 0 Å². The van der Waals surface area contributed by atoms with E-state index in [0.29, 0.717) is 35.4 Å². The molecule has 0 fully saturated rings. The number of benzene rings is 1. The van der Waals surface area contributed by atoms with Crippen LogP contribution in [0.1, 0.15) is 41.5 Å². The highest BCUT2D eigenvalue weighted by Crippen LogP contribution is 2.22. The number of carbonyl (C=O) groups is 2. The zero-order valence-electron chi connectivity index (χ0n) is 14.5. The number of unbranched alkanes of at least 4 members (excludes halogenated alkanes) is 1. The number of hydrogen-bond acceptors (Lipinski definition) is 6. The first-order valence-corrected chi connectivity index (χ1v) is 10.2. The highest BCUT2D eigenvalue weighted by molar-refractivity contribution is 7.91. The van der Waals surface area contributed by atoms with E-state index in [0.717, 1.165) is 19.1 Å². The highest BCUT2D eigenvalue weighted by Gasteiger charge is 2.21. The molecule has 0 spiro atoms. The minimum absolute atomic E-state index is 0.296. The summed E-state index contributed by atoms with van der Waals surface area (Å²) in [4.78, 5) is 31.1. The van der Waals surface area contributed by atoms with Crippen LogP contribution in [0.5, 0.6) is 0 Å². The van der Waals surface area contributed by atoms with Crippen molar-refractivity contribution in [3.63, 3.8) is 0 Å². The summed E-state index contributed by atoms with van der Waals surface area (Å²) >= 11 is 0. The third-order valence-electron chi connectivity index (χ3n) is 3.81. The smallest absolute Gasteiger partial charge is 0.250 e. The lowest BCUT2D eigenvalue weighted by atomic mass is 10.1. The van der Waals surface area contributed by atoms with Gasteiger partial charge in [0.2, 0.25) is 5.91 Å². The number of para-hydroxylation sites is 1. The van der Waals surface area contributed by atoms with Gasteiger partial charge in [-0.05, 0) is 37.9 Å². The fraction of sp³-hybridized carbons (Fsp3) is 0.438. The molecule has 1 aromatic carbocycles. The summed E-state index contributed by atoms with van der Waals surface area (Å²) in [7, 11) is -3.44. The molecule has 2 amide bonds. The van der Waals surface area contributed by atoms with Crippen LogP contribution in [0.25, 0.3) is 11.0 Å². The van der Waals surface area contributed by atoms with E-state index in [9.17, 15) is 18.0 Å². The molecular formula is C16H23N5O4S. The minimum atomic E-state index is -3.44. The standard InChI is InChI=1S/C16H23N5O4S/c1-26(24,25)9-13(22)19-12(6-2-3-8-17)16-20-11-7-4-5-10(15(18)23)14(11)21-16/h4-5,7,12H,2-3,6,8-9,17H2,1H3,(H2,18,23)(H,19,22)(H,20,21)/t12-/m0/s1. The molecule has 0 saturated heterocycles. The third-order valence-corrected chi connectivity index (χ3v) is 4.59. The van der Waals surface area contributed by atoms with Crippen molar-refractivity contribution in [3.05, 3.63) is 29.6 Å². The van der Waals surface area contributed by atoms with Crippen LogP contribution >= 0.6 is 0 Å². The Hall–Kier alpha value is -2.46. The molecule has 2 aromatic rings. The molecule has 10 heteroatoms. The molecule has 1 atom stereocenters. The molecule has 1 heterocycles. The van der Waals surface area contributed by atoms with Gasteiger partial charge >= 0.3 is 0 Å². The first-order chi connectivity index (χ1) is 12.2. The SMILES string of the molecule is CS(=O)(=O)CC(=O)N[C@@H](CCCCN)c1nc2cccc(C(N)=O)c2[nH]1. The lowest BCUT2D eigenvalue weighted by molar-refractivity contribution is -0.119. The molecule has 6 N–H and O–H groups in total. The van der Waals surface area contributed by atoms with Gasteiger partial charge in [-0.1, -0.05) is 6.07 Å². The van der Waals surface area contributed by atoms with Crippen molar-refractivity contribution in [2.24, 2.45) is 11.5 Å². The number of rotatable bonds is 9. The average Bonchev–Trinajstić information content (AvgIpc) is 2.95. The number of carbonyl (C=O) groups excluding carboxylic acids is 2. The number of sulfone groups is 1. The zero-order chi connectivity index (χ0) is 19.3. The average molecular weight is 381 g/mol. The first-order valence-electron chi connectivity index (χ1n) is 8.17. The number of fused-ring (bicyclic) bond motifs is 1. The molecule has 0 aliphatic carbocycles. The van der Waals surface area contributed by atoms with Gasteiger partial charge in [0, 0.05) is 6.26 Å². The van der Waals surface area contributed by atoms with Crippen molar-refractivity contribution in [2.45, 2.75) is 25.3 Å². The summed E-state index contributed by atoms with van der Waals surface area (Å²) in [5.41, 5.74) is 12.2. The van der Waals surface area contributed by atoms with Gasteiger partial charge in [-0.3, -0.25) is 9.59 Å². The van der Waals surface area contributed by atoms with Gasteiger partial charge in [-0.25, -0.2) is 13.4 Å². The highest BCUT2D eigenvalue weighted by atomic mass is 32.2. The van der Waals surface area contributed by atoms with Crippen molar-refractivity contribution >= 4 is 32.7 Å². The molecule has 0 bridgehead atoms. The van der Waals surface area contributed by atoms with Crippen molar-refractivity contribution in [1.29, 1.82) is 0 Å². The van der Waals surface area contributed by atoms with Crippen LogP contribution in [-0.4, -0.2) is 48.8 Å². The van der Waals surface area contributed by atoms with E-state index in [1.54, 1.807) is 18.2 Å². The van der Waals surface area contributed by atoms with Gasteiger partial charge < -0.3 is 21.8 Å². The van der Waals surface area contributed by atoms with Gasteiger partial charge in [-0.15, -0.1) is 0 Å². The largest absolute Gasteiger partial charge is 0.366 e. The Bertz CT molecular complexity index is 907. The maximum atomic E-state index is 12.0. The summed E-state index contributed by atoms with van der Waals surface area (Å²) in [5.74, 6) is -1.37. The number of primary amides is 1. The molecule has 142 valence electrons. The van der Waals surface area contributed by atoms with Crippen LogP contribution in [0.3, 0.4) is 0 Å². The number of aromatic amines is 1. The molecule has 1 aromatic heterocycles. The van der Waals surface area contributed by atoms with E-state index in [2.05, 4.69) is 15.3 Å². The molecule has 0 unspecified atom stereocenters. The fourth-order valence-electron chi connectivity index (χ4n) is 2.66. The third kappa shape index (κ3) is 5.27. The molecule has 26 heavy (non-hydrogen) atoms. The lowest BCUT2D eigenvalue weighted by Crippen LogP contribution is -2.34. The number of nitrogens with zero attached hydrogens (tertiary/aromatic N) is 1. The van der Waals surface area contributed by atoms with Crippen LogP contribution < -0.4 is 16.8 Å². The Kier molecular flexibility index (Phi) is 6.32. The van der Waals surface area contributed by atoms with Crippen LogP contribution in [0.15, 0.2) is 18.2 Å². The molecule has 0 aliphatic heterocycles. The summed E-state index contributed by atoms with van der Waals surface area (Å²) < 4.78 is 22.7. The van der Waals surface area contributed by atoms with Gasteiger partial charge in [0.15, 0.2) is 9.84 Å². The summed E-state index contributed by atoms with van der Waals surface area (Å²) in [5, 5.41) is 2.69. The second-order valence-corrected chi connectivity index (χ2v) is 8.30. The molecule has 9 nitrogen and oxygen atoms in total. The van der Waals surface area contributed by atoms with E-state index >= 15 is 0 Å². The Morgan fingerprint density at radius 2 is 2.04 bits per heavy atom. The minimum Gasteiger partial charge on any atom is -0.366 e. The number of nitrogens with one attached hydrogen (secondary N) is 2. The van der Waals surface area contributed by atoms with Crippen molar-refractivity contribution in [1.82, 2.24) is 15.3 Å². The monoisotopic (exact) mass is 381 g/mol. The molecule has 0 saturated carbocycles. The fourth-order valence-corrected chi connectivity index (χ4v) is 3.22. The Labute approximate surface area is 151 Å². The van der Waals surface area contributed by atoms with Crippen molar-refractivity contribution in [3.8, 4) is 0 Å². The van der Waals surface area contributed by atoms with Crippen LogP contribution in [0.4, 0.5) is 0 Å². The molecule has 0 radical (unpaired) electrons. The number of nitrogens with two attached hydrogens (primary N) is 2. The first kappa shape index (κ1) is 19.9. The molecule has 2 rings (SSSR count). The topological polar surface area (TPSA) is 161 Å². The Morgan fingerprint density at radius 1 is 1.31 bits per heavy atom. The second kappa shape index (κ2) is 8.28. The Balaban J connectivity index is 2.32. The lowest BCUT2D eigenvalue weighted by Gasteiger charge is -2.16. The van der Waals surface area contributed by atoms with E-state index in [1.165, 1.54) is 0 Å². The van der Waals surface area contributed by atoms with E-state index < -0.39 is 33.4 Å². The summed E-state index contributed by atoms with van der Waals surface area (Å²) in [6.07, 6.45) is 3.00. The van der Waals surface area contributed by atoms with E-state index in [-0.39, 0.29) is 0 Å². The molecular weight excluding hydrogens is 358 g/mol. The van der Waals surface area contributed by atoms with Gasteiger partial charge in [-0.2, -0.15) is 0 Å². The number of imidazole rings is 1. The normalized spacial score (nSPS) is 12.8. The van der Waals surface area contributed by atoms with E-state index in [1.807, 2.05) is 0 Å². The molecule has 0 aliphatic rings. The van der Waals surface area contributed by atoms with Gasteiger partial charge in [0.05, 0.1) is 22.6 Å². The Morgan fingerprint density at radius 3 is 2.65 bits per heavy atom. The maximum absolute atomic E-state index is 12.0. The quantitative estimate of drug-likeness (QED) is 0.447. The maximum Gasteiger partial charge on any atom is 0.250 e. The number of hydrogen-bond donors (Lipinski definition) is 4. The number of aromatic nitrogens is 2. The van der Waals surface area contributed by atoms with Crippen molar-refractivity contribution < 1.29 is 18.0 Å². The summed E-state index contributed by atoms with van der Waals surface area (Å²) in [6, 6.07) is 4.44. The van der Waals surface area contributed by atoms with Gasteiger partial charge in [0.1, 0.15) is 11.6 Å². The zero-order valence-corrected chi connectivity index (χ0v) is 15.3.